The number of amides is 1. The van der Waals surface area contributed by atoms with Gasteiger partial charge < -0.3 is 4.90 Å². The monoisotopic (exact) mass is 421 g/mol. The van der Waals surface area contributed by atoms with E-state index >= 15 is 0 Å². The summed E-state index contributed by atoms with van der Waals surface area (Å²) in [6.07, 6.45) is 1.79. The molecular formula is C21H28ClN3O2S. The van der Waals surface area contributed by atoms with Gasteiger partial charge in [-0.3, -0.25) is 14.2 Å². The molecule has 0 N–H and O–H groups in total. The smallest absolute Gasteiger partial charge is 0.257 e. The SMILES string of the molecule is CCN(CC)C(=O)CCCSc1nc(C)c(Cc2cccc(Cl)c2)c(=O)n1C. The third-order valence-electron chi connectivity index (χ3n) is 4.70. The van der Waals surface area contributed by atoms with Gasteiger partial charge >= 0.3 is 0 Å². The fraction of sp³-hybridized carbons (Fsp3) is 0.476. The first kappa shape index (κ1) is 22.5. The van der Waals surface area contributed by atoms with Gasteiger partial charge in [-0.2, -0.15) is 0 Å². The lowest BCUT2D eigenvalue weighted by Gasteiger charge is -2.18. The molecule has 0 fully saturated rings. The summed E-state index contributed by atoms with van der Waals surface area (Å²) in [5, 5.41) is 1.35. The van der Waals surface area contributed by atoms with Crippen LogP contribution in [0.15, 0.2) is 34.2 Å². The molecule has 0 spiro atoms. The van der Waals surface area contributed by atoms with Crippen LogP contribution in [0.25, 0.3) is 0 Å². The quantitative estimate of drug-likeness (QED) is 0.348. The molecule has 0 unspecified atom stereocenters. The summed E-state index contributed by atoms with van der Waals surface area (Å²) in [6.45, 7) is 7.33. The summed E-state index contributed by atoms with van der Waals surface area (Å²) in [5.74, 6) is 0.931. The highest BCUT2D eigenvalue weighted by Crippen LogP contribution is 2.19. The number of aromatic nitrogens is 2. The first-order chi connectivity index (χ1) is 13.4. The van der Waals surface area contributed by atoms with Crippen LogP contribution in [0, 0.1) is 6.92 Å². The molecule has 1 amide bonds. The van der Waals surface area contributed by atoms with Crippen molar-refractivity contribution in [1.29, 1.82) is 0 Å². The molecular weight excluding hydrogens is 394 g/mol. The Balaban J connectivity index is 2.03. The van der Waals surface area contributed by atoms with E-state index in [9.17, 15) is 9.59 Å². The number of nitrogens with zero attached hydrogens (tertiary/aromatic N) is 3. The summed E-state index contributed by atoms with van der Waals surface area (Å²) in [6, 6.07) is 7.53. The minimum atomic E-state index is -0.0332. The predicted octanol–water partition coefficient (Wildman–Crippen LogP) is 4.07. The first-order valence-corrected chi connectivity index (χ1v) is 10.9. The van der Waals surface area contributed by atoms with Crippen molar-refractivity contribution in [3.63, 3.8) is 0 Å². The highest BCUT2D eigenvalue weighted by atomic mass is 35.5. The zero-order chi connectivity index (χ0) is 20.7. The fourth-order valence-electron chi connectivity index (χ4n) is 3.03. The molecule has 0 aliphatic heterocycles. The zero-order valence-electron chi connectivity index (χ0n) is 17.0. The van der Waals surface area contributed by atoms with Crippen LogP contribution in [-0.2, 0) is 18.3 Å². The molecule has 7 heteroatoms. The van der Waals surface area contributed by atoms with Gasteiger partial charge in [0, 0.05) is 55.0 Å². The Bertz CT molecular complexity index is 878. The maximum absolute atomic E-state index is 12.8. The molecule has 0 atom stereocenters. The minimum Gasteiger partial charge on any atom is -0.343 e. The van der Waals surface area contributed by atoms with Gasteiger partial charge in [-0.05, 0) is 44.9 Å². The number of carbonyl (C=O) groups is 1. The Morgan fingerprint density at radius 2 is 2.00 bits per heavy atom. The maximum Gasteiger partial charge on any atom is 0.257 e. The molecule has 0 bridgehead atoms. The van der Waals surface area contributed by atoms with Crippen molar-refractivity contribution in [2.24, 2.45) is 7.05 Å². The minimum absolute atomic E-state index is 0.0332. The van der Waals surface area contributed by atoms with E-state index in [1.807, 2.05) is 49.9 Å². The Morgan fingerprint density at radius 1 is 1.29 bits per heavy atom. The van der Waals surface area contributed by atoms with Gasteiger partial charge in [0.25, 0.3) is 5.56 Å². The van der Waals surface area contributed by atoms with Crippen molar-refractivity contribution >= 4 is 29.3 Å². The van der Waals surface area contributed by atoms with E-state index in [2.05, 4.69) is 4.98 Å². The fourth-order valence-corrected chi connectivity index (χ4v) is 4.20. The van der Waals surface area contributed by atoms with Gasteiger partial charge in [0.05, 0.1) is 0 Å². The van der Waals surface area contributed by atoms with Crippen molar-refractivity contribution in [2.45, 2.75) is 45.2 Å². The Kier molecular flexibility index (Phi) is 8.58. The maximum atomic E-state index is 12.8. The number of thioether (sulfide) groups is 1. The van der Waals surface area contributed by atoms with Gasteiger partial charge in [-0.25, -0.2) is 4.98 Å². The number of hydrogen-bond acceptors (Lipinski definition) is 4. The van der Waals surface area contributed by atoms with Crippen molar-refractivity contribution < 1.29 is 4.79 Å². The van der Waals surface area contributed by atoms with Crippen LogP contribution in [0.5, 0.6) is 0 Å². The van der Waals surface area contributed by atoms with E-state index in [4.69, 9.17) is 11.6 Å². The van der Waals surface area contributed by atoms with Gasteiger partial charge in [0.15, 0.2) is 5.16 Å². The molecule has 2 aromatic rings. The van der Waals surface area contributed by atoms with Crippen LogP contribution in [0.3, 0.4) is 0 Å². The topological polar surface area (TPSA) is 55.2 Å². The van der Waals surface area contributed by atoms with Crippen LogP contribution in [0.1, 0.15) is 43.5 Å². The normalized spacial score (nSPS) is 10.9. The molecule has 5 nitrogen and oxygen atoms in total. The highest BCUT2D eigenvalue weighted by molar-refractivity contribution is 7.99. The average Bonchev–Trinajstić information content (AvgIpc) is 2.67. The summed E-state index contributed by atoms with van der Waals surface area (Å²) in [7, 11) is 1.75. The molecule has 2 rings (SSSR count). The van der Waals surface area contributed by atoms with Gasteiger partial charge in [-0.15, -0.1) is 0 Å². The second-order valence-electron chi connectivity index (χ2n) is 6.65. The first-order valence-electron chi connectivity index (χ1n) is 9.58. The number of benzene rings is 1. The molecule has 1 heterocycles. The molecule has 28 heavy (non-hydrogen) atoms. The van der Waals surface area contributed by atoms with Gasteiger partial charge in [0.1, 0.15) is 0 Å². The number of rotatable bonds is 9. The van der Waals surface area contributed by atoms with Crippen LogP contribution < -0.4 is 5.56 Å². The van der Waals surface area contributed by atoms with E-state index in [0.29, 0.717) is 28.6 Å². The van der Waals surface area contributed by atoms with E-state index in [-0.39, 0.29) is 11.5 Å². The van der Waals surface area contributed by atoms with Crippen LogP contribution in [-0.4, -0.2) is 39.2 Å². The van der Waals surface area contributed by atoms with Crippen molar-refractivity contribution in [1.82, 2.24) is 14.5 Å². The van der Waals surface area contributed by atoms with Crippen molar-refractivity contribution in [2.75, 3.05) is 18.8 Å². The zero-order valence-corrected chi connectivity index (χ0v) is 18.6. The molecule has 0 aliphatic rings. The predicted molar refractivity (Wildman–Crippen MR) is 116 cm³/mol. The lowest BCUT2D eigenvalue weighted by Crippen LogP contribution is -2.30. The third kappa shape index (κ3) is 5.85. The van der Waals surface area contributed by atoms with Crippen LogP contribution in [0.4, 0.5) is 0 Å². The lowest BCUT2D eigenvalue weighted by molar-refractivity contribution is -0.130. The molecule has 0 saturated carbocycles. The molecule has 152 valence electrons. The second kappa shape index (κ2) is 10.7. The number of aryl methyl sites for hydroxylation is 1. The number of carbonyl (C=O) groups excluding carboxylic acids is 1. The Hall–Kier alpha value is -1.79. The van der Waals surface area contributed by atoms with Crippen LogP contribution in [0.2, 0.25) is 5.02 Å². The standard InChI is InChI=1S/C21H28ClN3O2S/c1-5-25(6-2)19(26)11-8-12-28-21-23-15(3)18(20(27)24(21)4)14-16-9-7-10-17(22)13-16/h7,9-10,13H,5-6,8,11-12,14H2,1-4H3. The summed E-state index contributed by atoms with van der Waals surface area (Å²) >= 11 is 7.57. The average molecular weight is 422 g/mol. The van der Waals surface area contributed by atoms with E-state index < -0.39 is 0 Å². The van der Waals surface area contributed by atoms with E-state index in [1.54, 1.807) is 11.6 Å². The summed E-state index contributed by atoms with van der Waals surface area (Å²) < 4.78 is 1.60. The van der Waals surface area contributed by atoms with Crippen molar-refractivity contribution in [3.05, 3.63) is 56.5 Å². The molecule has 1 aromatic carbocycles. The van der Waals surface area contributed by atoms with Crippen molar-refractivity contribution in [3.8, 4) is 0 Å². The Morgan fingerprint density at radius 3 is 2.64 bits per heavy atom. The third-order valence-corrected chi connectivity index (χ3v) is 6.05. The summed E-state index contributed by atoms with van der Waals surface area (Å²) in [4.78, 5) is 31.4. The van der Waals surface area contributed by atoms with Gasteiger partial charge in [0.2, 0.25) is 5.91 Å². The highest BCUT2D eigenvalue weighted by Gasteiger charge is 2.14. The number of halogens is 1. The lowest BCUT2D eigenvalue weighted by atomic mass is 10.1. The van der Waals surface area contributed by atoms with E-state index in [1.165, 1.54) is 11.8 Å². The van der Waals surface area contributed by atoms with Gasteiger partial charge in [-0.1, -0.05) is 35.5 Å². The largest absolute Gasteiger partial charge is 0.343 e. The molecule has 0 radical (unpaired) electrons. The number of hydrogen-bond donors (Lipinski definition) is 0. The van der Waals surface area contributed by atoms with E-state index in [0.717, 1.165) is 36.5 Å². The van der Waals surface area contributed by atoms with Crippen LogP contribution >= 0.6 is 23.4 Å². The molecule has 1 aromatic heterocycles. The Labute approximate surface area is 176 Å². The molecule has 0 aliphatic carbocycles. The molecule has 0 saturated heterocycles. The summed E-state index contributed by atoms with van der Waals surface area (Å²) in [5.41, 5.74) is 2.38. The second-order valence-corrected chi connectivity index (χ2v) is 8.15.